The van der Waals surface area contributed by atoms with Gasteiger partial charge < -0.3 is 10.1 Å². The van der Waals surface area contributed by atoms with Crippen LogP contribution in [-0.2, 0) is 14.8 Å². The molecule has 2 rings (SSSR count). The summed E-state index contributed by atoms with van der Waals surface area (Å²) >= 11 is 5.95. The van der Waals surface area contributed by atoms with Crippen LogP contribution in [-0.4, -0.2) is 41.1 Å². The van der Waals surface area contributed by atoms with Crippen LogP contribution < -0.4 is 10.0 Å². The van der Waals surface area contributed by atoms with E-state index < -0.39 is 16.0 Å². The number of benzene rings is 1. The van der Waals surface area contributed by atoms with E-state index in [1.807, 2.05) is 0 Å². The zero-order chi connectivity index (χ0) is 16.2. The molecule has 0 bridgehead atoms. The van der Waals surface area contributed by atoms with Crippen LogP contribution in [0.25, 0.3) is 0 Å². The van der Waals surface area contributed by atoms with Crippen LogP contribution in [0, 0.1) is 5.92 Å². The molecule has 1 atom stereocenters. The predicted octanol–water partition coefficient (Wildman–Crippen LogP) is 1.40. The smallest absolute Gasteiger partial charge is 0.339 e. The summed E-state index contributed by atoms with van der Waals surface area (Å²) in [5, 5.41) is 3.29. The number of carbonyl (C=O) groups is 1. The molecule has 1 heterocycles. The molecule has 0 saturated carbocycles. The minimum atomic E-state index is -3.63. The second kappa shape index (κ2) is 7.41. The lowest BCUT2D eigenvalue weighted by atomic mass is 10.1. The van der Waals surface area contributed by atoms with Crippen molar-refractivity contribution in [1.82, 2.24) is 10.0 Å². The number of ether oxygens (including phenoxy) is 1. The van der Waals surface area contributed by atoms with Gasteiger partial charge in [-0.1, -0.05) is 11.6 Å². The Hall–Kier alpha value is -1.15. The fraction of sp³-hybridized carbons (Fsp3) is 0.500. The van der Waals surface area contributed by atoms with E-state index in [1.165, 1.54) is 25.3 Å². The Morgan fingerprint density at radius 3 is 2.86 bits per heavy atom. The van der Waals surface area contributed by atoms with E-state index in [1.54, 1.807) is 0 Å². The largest absolute Gasteiger partial charge is 0.465 e. The Kier molecular flexibility index (Phi) is 5.80. The highest BCUT2D eigenvalue weighted by molar-refractivity contribution is 7.89. The van der Waals surface area contributed by atoms with Gasteiger partial charge in [-0.15, -0.1) is 0 Å². The maximum Gasteiger partial charge on any atom is 0.339 e. The molecule has 1 aliphatic heterocycles. The second-order valence-corrected chi connectivity index (χ2v) is 7.35. The highest BCUT2D eigenvalue weighted by Gasteiger charge is 2.19. The van der Waals surface area contributed by atoms with Gasteiger partial charge in [-0.2, -0.15) is 0 Å². The lowest BCUT2D eigenvalue weighted by Gasteiger charge is -2.11. The molecule has 0 radical (unpaired) electrons. The van der Waals surface area contributed by atoms with Crippen LogP contribution in [0.2, 0.25) is 5.02 Å². The van der Waals surface area contributed by atoms with E-state index in [9.17, 15) is 13.2 Å². The molecule has 6 nitrogen and oxygen atoms in total. The van der Waals surface area contributed by atoms with Crippen molar-refractivity contribution < 1.29 is 17.9 Å². The summed E-state index contributed by atoms with van der Waals surface area (Å²) in [5.41, 5.74) is 0.139. The summed E-state index contributed by atoms with van der Waals surface area (Å²) in [4.78, 5) is 11.5. The van der Waals surface area contributed by atoms with Crippen LogP contribution in [0.5, 0.6) is 0 Å². The average molecular weight is 347 g/mol. The van der Waals surface area contributed by atoms with Crippen molar-refractivity contribution in [3.05, 3.63) is 28.8 Å². The molecule has 1 aliphatic rings. The quantitative estimate of drug-likeness (QED) is 0.761. The van der Waals surface area contributed by atoms with Gasteiger partial charge in [0.25, 0.3) is 0 Å². The summed E-state index contributed by atoms with van der Waals surface area (Å²) in [7, 11) is -2.39. The fourth-order valence-corrected chi connectivity index (χ4v) is 3.78. The standard InChI is InChI=1S/C14H19ClN2O4S/c1-21-14(18)12-3-2-11(8-13(12)15)22(19,20)17-7-5-10-4-6-16-9-10/h2-3,8,10,16-17H,4-7,9H2,1H3. The van der Waals surface area contributed by atoms with Gasteiger partial charge in [0.2, 0.25) is 10.0 Å². The van der Waals surface area contributed by atoms with Crippen LogP contribution in [0.15, 0.2) is 23.1 Å². The second-order valence-electron chi connectivity index (χ2n) is 5.18. The molecule has 22 heavy (non-hydrogen) atoms. The average Bonchev–Trinajstić information content (AvgIpc) is 2.99. The van der Waals surface area contributed by atoms with E-state index in [4.69, 9.17) is 11.6 Å². The van der Waals surface area contributed by atoms with Gasteiger partial charge in [0.15, 0.2) is 0 Å². The molecule has 0 amide bonds. The topological polar surface area (TPSA) is 84.5 Å². The van der Waals surface area contributed by atoms with E-state index >= 15 is 0 Å². The van der Waals surface area contributed by atoms with Gasteiger partial charge in [0.05, 0.1) is 22.6 Å². The summed E-state index contributed by atoms with van der Waals surface area (Å²) in [5.74, 6) is -0.0939. The normalized spacial score (nSPS) is 18.4. The maximum absolute atomic E-state index is 12.2. The van der Waals surface area contributed by atoms with Crippen LogP contribution in [0.1, 0.15) is 23.2 Å². The molecular weight excluding hydrogens is 328 g/mol. The Morgan fingerprint density at radius 1 is 1.50 bits per heavy atom. The highest BCUT2D eigenvalue weighted by atomic mass is 35.5. The monoisotopic (exact) mass is 346 g/mol. The Bertz CT molecular complexity index is 642. The molecular formula is C14H19ClN2O4S. The third-order valence-corrected chi connectivity index (χ3v) is 5.43. The van der Waals surface area contributed by atoms with Gasteiger partial charge >= 0.3 is 5.97 Å². The fourth-order valence-electron chi connectivity index (χ4n) is 2.38. The first kappa shape index (κ1) is 17.2. The van der Waals surface area contributed by atoms with Crippen molar-refractivity contribution in [3.8, 4) is 0 Å². The number of hydrogen-bond donors (Lipinski definition) is 2. The minimum absolute atomic E-state index is 0.0368. The zero-order valence-corrected chi connectivity index (χ0v) is 13.8. The van der Waals surface area contributed by atoms with Gasteiger partial charge in [0, 0.05) is 6.54 Å². The van der Waals surface area contributed by atoms with Gasteiger partial charge in [-0.25, -0.2) is 17.9 Å². The van der Waals surface area contributed by atoms with Gasteiger partial charge in [-0.3, -0.25) is 0 Å². The van der Waals surface area contributed by atoms with Crippen molar-refractivity contribution in [2.75, 3.05) is 26.7 Å². The van der Waals surface area contributed by atoms with Crippen LogP contribution >= 0.6 is 11.6 Å². The molecule has 1 unspecified atom stereocenters. The Morgan fingerprint density at radius 2 is 2.27 bits per heavy atom. The van der Waals surface area contributed by atoms with Crippen LogP contribution in [0.3, 0.4) is 0 Å². The summed E-state index contributed by atoms with van der Waals surface area (Å²) < 4.78 is 31.5. The number of methoxy groups -OCH3 is 1. The third-order valence-electron chi connectivity index (χ3n) is 3.66. The molecule has 0 spiro atoms. The Balaban J connectivity index is 2.02. The first-order chi connectivity index (χ1) is 10.4. The minimum Gasteiger partial charge on any atom is -0.465 e. The lowest BCUT2D eigenvalue weighted by molar-refractivity contribution is 0.0601. The highest BCUT2D eigenvalue weighted by Crippen LogP contribution is 2.21. The van der Waals surface area contributed by atoms with Crippen molar-refractivity contribution in [3.63, 3.8) is 0 Å². The number of sulfonamides is 1. The maximum atomic E-state index is 12.2. The molecule has 8 heteroatoms. The van der Waals surface area contributed by atoms with Crippen molar-refractivity contribution in [2.45, 2.75) is 17.7 Å². The van der Waals surface area contributed by atoms with E-state index in [0.29, 0.717) is 12.5 Å². The number of esters is 1. The third kappa shape index (κ3) is 4.19. The van der Waals surface area contributed by atoms with E-state index in [2.05, 4.69) is 14.8 Å². The molecule has 1 aromatic rings. The first-order valence-electron chi connectivity index (χ1n) is 7.02. The SMILES string of the molecule is COC(=O)c1ccc(S(=O)(=O)NCCC2CCNC2)cc1Cl. The molecule has 1 fully saturated rings. The number of halogens is 1. The van der Waals surface area contributed by atoms with Crippen molar-refractivity contribution in [1.29, 1.82) is 0 Å². The molecule has 2 N–H and O–H groups in total. The molecule has 1 saturated heterocycles. The molecule has 122 valence electrons. The van der Waals surface area contributed by atoms with E-state index in [-0.39, 0.29) is 15.5 Å². The summed E-state index contributed by atoms with van der Waals surface area (Å²) in [6.45, 7) is 2.30. The van der Waals surface area contributed by atoms with Crippen molar-refractivity contribution >= 4 is 27.6 Å². The summed E-state index contributed by atoms with van der Waals surface area (Å²) in [6.07, 6.45) is 1.86. The molecule has 1 aromatic carbocycles. The van der Waals surface area contributed by atoms with Gasteiger partial charge in [-0.05, 0) is 50.0 Å². The van der Waals surface area contributed by atoms with Gasteiger partial charge in [0.1, 0.15) is 0 Å². The first-order valence-corrected chi connectivity index (χ1v) is 8.88. The number of carbonyl (C=O) groups excluding carboxylic acids is 1. The van der Waals surface area contributed by atoms with Crippen LogP contribution in [0.4, 0.5) is 0 Å². The Labute approximate surface area is 135 Å². The zero-order valence-electron chi connectivity index (χ0n) is 12.3. The molecule has 0 aliphatic carbocycles. The lowest BCUT2D eigenvalue weighted by Crippen LogP contribution is -2.26. The molecule has 0 aromatic heterocycles. The predicted molar refractivity (Wildman–Crippen MR) is 83.6 cm³/mol. The van der Waals surface area contributed by atoms with Crippen molar-refractivity contribution in [2.24, 2.45) is 5.92 Å². The summed E-state index contributed by atoms with van der Waals surface area (Å²) in [6, 6.07) is 3.95. The number of rotatable bonds is 6. The number of hydrogen-bond acceptors (Lipinski definition) is 5. The van der Waals surface area contributed by atoms with E-state index in [0.717, 1.165) is 25.9 Å². The number of nitrogens with one attached hydrogen (secondary N) is 2.